The molecule has 0 aliphatic carbocycles. The average molecular weight is 298 g/mol. The van der Waals surface area contributed by atoms with Crippen molar-refractivity contribution in [1.82, 2.24) is 0 Å². The normalized spacial score (nSPS) is 10.3. The molecule has 0 unspecified atom stereocenters. The first kappa shape index (κ1) is 14.8. The number of carbonyl (C=O) groups excluding carboxylic acids is 1. The van der Waals surface area contributed by atoms with Gasteiger partial charge in [-0.3, -0.25) is 0 Å². The molecule has 0 aliphatic rings. The van der Waals surface area contributed by atoms with Crippen LogP contribution in [0.1, 0.15) is 16.7 Å². The smallest absolute Gasteiger partial charge is 0.331 e. The molecule has 2 rings (SSSR count). The van der Waals surface area contributed by atoms with Gasteiger partial charge in [0.05, 0.1) is 11.6 Å². The predicted molar refractivity (Wildman–Crippen MR) is 81.4 cm³/mol. The van der Waals surface area contributed by atoms with E-state index < -0.39 is 5.97 Å². The monoisotopic (exact) mass is 297 g/mol. The van der Waals surface area contributed by atoms with E-state index >= 15 is 0 Å². The van der Waals surface area contributed by atoms with Crippen molar-refractivity contribution in [3.05, 3.63) is 76.3 Å². The minimum atomic E-state index is -0.484. The number of rotatable bonds is 4. The van der Waals surface area contributed by atoms with E-state index in [-0.39, 0.29) is 6.61 Å². The molecule has 0 heterocycles. The summed E-state index contributed by atoms with van der Waals surface area (Å²) in [7, 11) is 0. The van der Waals surface area contributed by atoms with Gasteiger partial charge >= 0.3 is 5.97 Å². The molecule has 0 atom stereocenters. The highest BCUT2D eigenvalue weighted by Gasteiger charge is 2.04. The van der Waals surface area contributed by atoms with Gasteiger partial charge in [-0.05, 0) is 23.8 Å². The molecule has 0 N–H and O–H groups in total. The molecule has 0 aliphatic heterocycles. The summed E-state index contributed by atoms with van der Waals surface area (Å²) in [4.78, 5) is 11.7. The fourth-order valence-corrected chi connectivity index (χ4v) is 1.92. The van der Waals surface area contributed by atoms with Crippen molar-refractivity contribution in [2.24, 2.45) is 0 Å². The molecule has 0 amide bonds. The molecule has 2 aromatic carbocycles. The molecule has 0 aromatic heterocycles. The van der Waals surface area contributed by atoms with Crippen molar-refractivity contribution in [1.29, 1.82) is 5.26 Å². The third kappa shape index (κ3) is 4.20. The molecule has 0 radical (unpaired) electrons. The molecule has 0 bridgehead atoms. The second-order valence-corrected chi connectivity index (χ2v) is 4.64. The number of carbonyl (C=O) groups is 1. The Labute approximate surface area is 128 Å². The average Bonchev–Trinajstić information content (AvgIpc) is 2.52. The molecule has 0 spiro atoms. The topological polar surface area (TPSA) is 50.1 Å². The van der Waals surface area contributed by atoms with E-state index in [1.54, 1.807) is 42.5 Å². The van der Waals surface area contributed by atoms with Gasteiger partial charge < -0.3 is 4.74 Å². The number of nitrogens with zero attached hydrogens (tertiary/aromatic N) is 1. The Balaban J connectivity index is 1.97. The highest BCUT2D eigenvalue weighted by molar-refractivity contribution is 6.32. The van der Waals surface area contributed by atoms with Crippen LogP contribution in [-0.2, 0) is 16.1 Å². The maximum Gasteiger partial charge on any atom is 0.331 e. The SMILES string of the molecule is N#Cc1ccccc1COC(=O)C=Cc1ccccc1Cl. The van der Waals surface area contributed by atoms with Gasteiger partial charge in [-0.1, -0.05) is 48.0 Å². The first-order valence-corrected chi connectivity index (χ1v) is 6.66. The van der Waals surface area contributed by atoms with Gasteiger partial charge in [-0.2, -0.15) is 5.26 Å². The van der Waals surface area contributed by atoms with Crippen LogP contribution in [0.25, 0.3) is 6.08 Å². The summed E-state index contributed by atoms with van der Waals surface area (Å²) in [5, 5.41) is 9.51. The Hall–Kier alpha value is -2.57. The molecule has 104 valence electrons. The molecule has 0 saturated carbocycles. The second kappa shape index (κ2) is 7.28. The third-order valence-electron chi connectivity index (χ3n) is 2.81. The van der Waals surface area contributed by atoms with Crippen LogP contribution in [0.2, 0.25) is 5.02 Å². The van der Waals surface area contributed by atoms with E-state index in [9.17, 15) is 4.79 Å². The molecule has 0 saturated heterocycles. The standard InChI is InChI=1S/C17H12ClNO2/c18-16-8-4-3-5-13(16)9-10-17(20)21-12-15-7-2-1-6-14(15)11-19/h1-10H,12H2. The Morgan fingerprint density at radius 2 is 1.90 bits per heavy atom. The Bertz CT molecular complexity index is 717. The van der Waals surface area contributed by atoms with Crippen LogP contribution in [0.3, 0.4) is 0 Å². The Kier molecular flexibility index (Phi) is 5.14. The van der Waals surface area contributed by atoms with Crippen molar-refractivity contribution >= 4 is 23.6 Å². The molecule has 4 heteroatoms. The number of hydrogen-bond donors (Lipinski definition) is 0. The highest BCUT2D eigenvalue weighted by atomic mass is 35.5. The zero-order chi connectivity index (χ0) is 15.1. The number of hydrogen-bond acceptors (Lipinski definition) is 3. The van der Waals surface area contributed by atoms with Crippen molar-refractivity contribution in [2.75, 3.05) is 0 Å². The highest BCUT2D eigenvalue weighted by Crippen LogP contribution is 2.16. The lowest BCUT2D eigenvalue weighted by molar-refractivity contribution is -0.138. The lowest BCUT2D eigenvalue weighted by Gasteiger charge is -2.04. The fourth-order valence-electron chi connectivity index (χ4n) is 1.72. The van der Waals surface area contributed by atoms with Gasteiger partial charge in [0, 0.05) is 16.7 Å². The predicted octanol–water partition coefficient (Wildman–Crippen LogP) is 3.97. The zero-order valence-corrected chi connectivity index (χ0v) is 11.9. The van der Waals surface area contributed by atoms with Gasteiger partial charge in [0.2, 0.25) is 0 Å². The van der Waals surface area contributed by atoms with Crippen molar-refractivity contribution in [2.45, 2.75) is 6.61 Å². The van der Waals surface area contributed by atoms with Crippen molar-refractivity contribution in [3.8, 4) is 6.07 Å². The summed E-state index contributed by atoms with van der Waals surface area (Å²) in [5.74, 6) is -0.484. The summed E-state index contributed by atoms with van der Waals surface area (Å²) < 4.78 is 5.11. The molecular formula is C17H12ClNO2. The van der Waals surface area contributed by atoms with Crippen LogP contribution < -0.4 is 0 Å². The molecule has 3 nitrogen and oxygen atoms in total. The number of esters is 1. The van der Waals surface area contributed by atoms with Crippen LogP contribution in [0.15, 0.2) is 54.6 Å². The van der Waals surface area contributed by atoms with Crippen molar-refractivity contribution < 1.29 is 9.53 Å². The first-order valence-electron chi connectivity index (χ1n) is 6.28. The molecule has 2 aromatic rings. The summed E-state index contributed by atoms with van der Waals surface area (Å²) in [6.07, 6.45) is 2.91. The lowest BCUT2D eigenvalue weighted by atomic mass is 10.1. The van der Waals surface area contributed by atoms with E-state index in [1.165, 1.54) is 6.08 Å². The quantitative estimate of drug-likeness (QED) is 0.634. The van der Waals surface area contributed by atoms with Crippen LogP contribution >= 0.6 is 11.6 Å². The van der Waals surface area contributed by atoms with Crippen LogP contribution in [0.5, 0.6) is 0 Å². The maximum absolute atomic E-state index is 11.7. The first-order chi connectivity index (χ1) is 10.2. The van der Waals surface area contributed by atoms with E-state index in [0.717, 1.165) is 5.56 Å². The molecule has 0 fully saturated rings. The summed E-state index contributed by atoms with van der Waals surface area (Å²) in [5.41, 5.74) is 1.92. The van der Waals surface area contributed by atoms with Gasteiger partial charge in [0.15, 0.2) is 0 Å². The number of halogens is 1. The Morgan fingerprint density at radius 1 is 1.19 bits per heavy atom. The minimum absolute atomic E-state index is 0.0649. The van der Waals surface area contributed by atoms with Crippen LogP contribution in [0.4, 0.5) is 0 Å². The second-order valence-electron chi connectivity index (χ2n) is 4.23. The van der Waals surface area contributed by atoms with Crippen LogP contribution in [0, 0.1) is 11.3 Å². The summed E-state index contributed by atoms with van der Waals surface area (Å²) >= 11 is 5.98. The van der Waals surface area contributed by atoms with E-state index in [2.05, 4.69) is 6.07 Å². The molecular weight excluding hydrogens is 286 g/mol. The Morgan fingerprint density at radius 3 is 2.67 bits per heavy atom. The van der Waals surface area contributed by atoms with Crippen molar-refractivity contribution in [3.63, 3.8) is 0 Å². The number of ether oxygens (including phenoxy) is 1. The largest absolute Gasteiger partial charge is 0.458 e. The van der Waals surface area contributed by atoms with Gasteiger partial charge in [0.1, 0.15) is 6.61 Å². The van der Waals surface area contributed by atoms with E-state index in [1.807, 2.05) is 12.1 Å². The van der Waals surface area contributed by atoms with E-state index in [0.29, 0.717) is 16.1 Å². The summed E-state index contributed by atoms with van der Waals surface area (Å²) in [6, 6.07) is 16.3. The number of nitriles is 1. The maximum atomic E-state index is 11.7. The molecule has 21 heavy (non-hydrogen) atoms. The summed E-state index contributed by atoms with van der Waals surface area (Å²) in [6.45, 7) is 0.0649. The third-order valence-corrected chi connectivity index (χ3v) is 3.16. The van der Waals surface area contributed by atoms with E-state index in [4.69, 9.17) is 21.6 Å². The van der Waals surface area contributed by atoms with Crippen LogP contribution in [-0.4, -0.2) is 5.97 Å². The lowest BCUT2D eigenvalue weighted by Crippen LogP contribution is -2.02. The minimum Gasteiger partial charge on any atom is -0.458 e. The zero-order valence-electron chi connectivity index (χ0n) is 11.1. The fraction of sp³-hybridized carbons (Fsp3) is 0.0588. The van der Waals surface area contributed by atoms with Gasteiger partial charge in [-0.25, -0.2) is 4.79 Å². The van der Waals surface area contributed by atoms with Gasteiger partial charge in [0.25, 0.3) is 0 Å². The van der Waals surface area contributed by atoms with Gasteiger partial charge in [-0.15, -0.1) is 0 Å². The number of benzene rings is 2.